The van der Waals surface area contributed by atoms with E-state index < -0.39 is 12.1 Å². The number of nitrogens with one attached hydrogen (secondary N) is 1. The number of para-hydroxylation sites is 1. The van der Waals surface area contributed by atoms with Gasteiger partial charge in [0.2, 0.25) is 0 Å². The van der Waals surface area contributed by atoms with Crippen LogP contribution in [0.15, 0.2) is 24.3 Å². The summed E-state index contributed by atoms with van der Waals surface area (Å²) in [5, 5.41) is 3.41. The third-order valence-corrected chi connectivity index (χ3v) is 4.77. The second-order valence-corrected chi connectivity index (χ2v) is 6.60. The van der Waals surface area contributed by atoms with Gasteiger partial charge in [0.05, 0.1) is 13.0 Å². The van der Waals surface area contributed by atoms with Crippen molar-refractivity contribution in [3.8, 4) is 5.75 Å². The predicted octanol–water partition coefficient (Wildman–Crippen LogP) is 4.93. The number of rotatable bonds is 6. The molecule has 0 aliphatic heterocycles. The fourth-order valence-electron chi connectivity index (χ4n) is 3.52. The van der Waals surface area contributed by atoms with Gasteiger partial charge >= 0.3 is 6.18 Å². The molecule has 0 amide bonds. The number of alkyl halides is 3. The zero-order valence-corrected chi connectivity index (χ0v) is 13.8. The summed E-state index contributed by atoms with van der Waals surface area (Å²) in [6, 6.07) is 7.98. The summed E-state index contributed by atoms with van der Waals surface area (Å²) in [6.07, 6.45) is -1.07. The van der Waals surface area contributed by atoms with Crippen molar-refractivity contribution in [1.29, 1.82) is 0 Å². The summed E-state index contributed by atoms with van der Waals surface area (Å²) in [5.74, 6) is -0.111. The highest BCUT2D eigenvalue weighted by Gasteiger charge is 2.42. The Labute approximate surface area is 136 Å². The molecule has 3 atom stereocenters. The Morgan fingerprint density at radius 1 is 1.26 bits per heavy atom. The van der Waals surface area contributed by atoms with E-state index in [-0.39, 0.29) is 18.4 Å². The first kappa shape index (κ1) is 18.1. The molecular weight excluding hydrogens is 303 g/mol. The number of benzene rings is 1. The summed E-state index contributed by atoms with van der Waals surface area (Å²) in [4.78, 5) is 0. The second kappa shape index (κ2) is 8.04. The fraction of sp³-hybridized carbons (Fsp3) is 0.667. The lowest BCUT2D eigenvalue weighted by Gasteiger charge is -2.32. The molecule has 2 nitrogen and oxygen atoms in total. The van der Waals surface area contributed by atoms with E-state index in [2.05, 4.69) is 5.32 Å². The molecule has 1 aromatic rings. The number of hydrogen-bond donors (Lipinski definition) is 1. The molecule has 130 valence electrons. The van der Waals surface area contributed by atoms with Crippen molar-refractivity contribution < 1.29 is 17.9 Å². The lowest BCUT2D eigenvalue weighted by Crippen LogP contribution is -2.33. The second-order valence-electron chi connectivity index (χ2n) is 6.60. The van der Waals surface area contributed by atoms with E-state index in [1.54, 1.807) is 7.11 Å². The van der Waals surface area contributed by atoms with Gasteiger partial charge in [0.25, 0.3) is 0 Å². The molecule has 1 saturated carbocycles. The maximum Gasteiger partial charge on any atom is 0.391 e. The van der Waals surface area contributed by atoms with Gasteiger partial charge in [0, 0.05) is 18.2 Å². The molecule has 0 bridgehead atoms. The van der Waals surface area contributed by atoms with Crippen LogP contribution in [0.2, 0.25) is 0 Å². The number of halogens is 3. The maximum absolute atomic E-state index is 12.9. The topological polar surface area (TPSA) is 21.3 Å². The van der Waals surface area contributed by atoms with Crippen LogP contribution in [0, 0.1) is 11.8 Å². The molecule has 1 fully saturated rings. The van der Waals surface area contributed by atoms with Gasteiger partial charge in [0.1, 0.15) is 5.75 Å². The van der Waals surface area contributed by atoms with E-state index in [1.165, 1.54) is 0 Å². The van der Waals surface area contributed by atoms with Gasteiger partial charge in [-0.05, 0) is 38.2 Å². The Kier molecular flexibility index (Phi) is 6.33. The van der Waals surface area contributed by atoms with Crippen LogP contribution in [0.25, 0.3) is 0 Å². The first-order valence-corrected chi connectivity index (χ1v) is 8.32. The summed E-state index contributed by atoms with van der Waals surface area (Å²) in [6.45, 7) is 2.72. The van der Waals surface area contributed by atoms with Gasteiger partial charge in [-0.15, -0.1) is 0 Å². The smallest absolute Gasteiger partial charge is 0.391 e. The number of ether oxygens (including phenoxy) is 1. The van der Waals surface area contributed by atoms with Crippen molar-refractivity contribution in [2.24, 2.45) is 11.8 Å². The predicted molar refractivity (Wildman–Crippen MR) is 85.4 cm³/mol. The van der Waals surface area contributed by atoms with Crippen LogP contribution in [0.3, 0.4) is 0 Å². The van der Waals surface area contributed by atoms with Crippen LogP contribution in [0.4, 0.5) is 13.2 Å². The molecule has 3 unspecified atom stereocenters. The van der Waals surface area contributed by atoms with Gasteiger partial charge in [-0.1, -0.05) is 31.0 Å². The minimum atomic E-state index is -4.03. The molecule has 1 aromatic carbocycles. The largest absolute Gasteiger partial charge is 0.496 e. The van der Waals surface area contributed by atoms with E-state index in [0.717, 1.165) is 24.2 Å². The van der Waals surface area contributed by atoms with Crippen LogP contribution in [-0.4, -0.2) is 19.3 Å². The highest BCUT2D eigenvalue weighted by Crippen LogP contribution is 2.41. The van der Waals surface area contributed by atoms with Gasteiger partial charge < -0.3 is 10.1 Å². The number of hydrogen-bond acceptors (Lipinski definition) is 2. The molecule has 0 heterocycles. The van der Waals surface area contributed by atoms with Crippen molar-refractivity contribution in [3.63, 3.8) is 0 Å². The monoisotopic (exact) mass is 329 g/mol. The Morgan fingerprint density at radius 3 is 2.70 bits per heavy atom. The first-order chi connectivity index (χ1) is 10.9. The minimum absolute atomic E-state index is 0.163. The van der Waals surface area contributed by atoms with E-state index in [0.29, 0.717) is 19.4 Å². The molecule has 0 spiro atoms. The van der Waals surface area contributed by atoms with E-state index in [1.807, 2.05) is 31.2 Å². The zero-order chi connectivity index (χ0) is 16.9. The first-order valence-electron chi connectivity index (χ1n) is 8.32. The summed E-state index contributed by atoms with van der Waals surface area (Å²) >= 11 is 0. The molecule has 1 aliphatic rings. The third-order valence-electron chi connectivity index (χ3n) is 4.77. The minimum Gasteiger partial charge on any atom is -0.496 e. The Balaban J connectivity index is 1.81. The Morgan fingerprint density at radius 2 is 2.00 bits per heavy atom. The van der Waals surface area contributed by atoms with Crippen LogP contribution in [0.1, 0.15) is 44.6 Å². The van der Waals surface area contributed by atoms with Crippen LogP contribution in [-0.2, 0) is 6.54 Å². The van der Waals surface area contributed by atoms with E-state index >= 15 is 0 Å². The average Bonchev–Trinajstić information content (AvgIpc) is 2.52. The molecule has 1 N–H and O–H groups in total. The SMILES string of the molecule is COc1ccccc1CNC(C)CC1CCCC(C(F)(F)F)C1. The van der Waals surface area contributed by atoms with Crippen molar-refractivity contribution >= 4 is 0 Å². The molecule has 0 radical (unpaired) electrons. The van der Waals surface area contributed by atoms with Crippen LogP contribution < -0.4 is 10.1 Å². The van der Waals surface area contributed by atoms with Crippen molar-refractivity contribution in [2.75, 3.05) is 7.11 Å². The van der Waals surface area contributed by atoms with Gasteiger partial charge in [0.15, 0.2) is 0 Å². The van der Waals surface area contributed by atoms with Gasteiger partial charge in [-0.2, -0.15) is 13.2 Å². The summed E-state index contributed by atoms with van der Waals surface area (Å²) in [5.41, 5.74) is 1.07. The standard InChI is InChI=1S/C18H26F3NO/c1-13(22-12-15-7-3-4-9-17(15)23-2)10-14-6-5-8-16(11-14)18(19,20)21/h3-4,7,9,13-14,16,22H,5-6,8,10-12H2,1-2H3. The van der Waals surface area contributed by atoms with Gasteiger partial charge in [-0.25, -0.2) is 0 Å². The highest BCUT2D eigenvalue weighted by molar-refractivity contribution is 5.32. The average molecular weight is 329 g/mol. The van der Waals surface area contributed by atoms with Gasteiger partial charge in [-0.3, -0.25) is 0 Å². The lowest BCUT2D eigenvalue weighted by molar-refractivity contribution is -0.186. The van der Waals surface area contributed by atoms with Crippen molar-refractivity contribution in [3.05, 3.63) is 29.8 Å². The summed E-state index contributed by atoms with van der Waals surface area (Å²) in [7, 11) is 1.64. The van der Waals surface area contributed by atoms with E-state index in [9.17, 15) is 13.2 Å². The molecular formula is C18H26F3NO. The highest BCUT2D eigenvalue weighted by atomic mass is 19.4. The Bertz CT molecular complexity index is 489. The zero-order valence-electron chi connectivity index (χ0n) is 13.8. The lowest BCUT2D eigenvalue weighted by atomic mass is 9.78. The quantitative estimate of drug-likeness (QED) is 0.799. The summed E-state index contributed by atoms with van der Waals surface area (Å²) < 4.78 is 43.9. The van der Waals surface area contributed by atoms with Crippen LogP contribution >= 0.6 is 0 Å². The molecule has 5 heteroatoms. The molecule has 0 aromatic heterocycles. The molecule has 1 aliphatic carbocycles. The fourth-order valence-corrected chi connectivity index (χ4v) is 3.52. The normalized spacial score (nSPS) is 23.5. The maximum atomic E-state index is 12.9. The van der Waals surface area contributed by atoms with E-state index in [4.69, 9.17) is 4.74 Å². The van der Waals surface area contributed by atoms with Crippen molar-refractivity contribution in [2.45, 2.75) is 57.8 Å². The van der Waals surface area contributed by atoms with Crippen LogP contribution in [0.5, 0.6) is 5.75 Å². The third kappa shape index (κ3) is 5.41. The Hall–Kier alpha value is -1.23. The molecule has 23 heavy (non-hydrogen) atoms. The molecule has 0 saturated heterocycles. The number of methoxy groups -OCH3 is 1. The van der Waals surface area contributed by atoms with Crippen molar-refractivity contribution in [1.82, 2.24) is 5.32 Å². The molecule has 2 rings (SSSR count).